The highest BCUT2D eigenvalue weighted by Gasteiger charge is 2.08. The summed E-state index contributed by atoms with van der Waals surface area (Å²) in [6, 6.07) is 12.6. The van der Waals surface area contributed by atoms with Gasteiger partial charge in [0, 0.05) is 23.9 Å². The molecule has 0 aliphatic rings. The van der Waals surface area contributed by atoms with Crippen LogP contribution in [-0.4, -0.2) is 11.8 Å². The lowest BCUT2D eigenvalue weighted by atomic mass is 10.1. The molecular formula is C17H18N2O2. The van der Waals surface area contributed by atoms with Crippen LogP contribution >= 0.6 is 0 Å². The number of aryl methyl sites for hydroxylation is 2. The summed E-state index contributed by atoms with van der Waals surface area (Å²) in [5.41, 5.74) is 4.17. The lowest BCUT2D eigenvalue weighted by Gasteiger charge is -2.09. The number of carbonyl (C=O) groups excluding carboxylic acids is 2. The van der Waals surface area contributed by atoms with Crippen LogP contribution in [0.15, 0.2) is 42.5 Å². The van der Waals surface area contributed by atoms with Crippen molar-refractivity contribution in [2.75, 3.05) is 10.6 Å². The number of benzene rings is 2. The maximum absolute atomic E-state index is 12.2. The number of carbonyl (C=O) groups is 2. The van der Waals surface area contributed by atoms with Gasteiger partial charge in [0.15, 0.2) is 0 Å². The Morgan fingerprint density at radius 3 is 2.24 bits per heavy atom. The first-order valence-corrected chi connectivity index (χ1v) is 6.72. The molecule has 0 aliphatic heterocycles. The average molecular weight is 282 g/mol. The number of anilines is 2. The van der Waals surface area contributed by atoms with E-state index in [2.05, 4.69) is 10.6 Å². The SMILES string of the molecule is CC(=O)Nc1cccc(C(=O)Nc2ccc(C)c(C)c2)c1. The van der Waals surface area contributed by atoms with Gasteiger partial charge in [0.2, 0.25) is 5.91 Å². The number of nitrogens with one attached hydrogen (secondary N) is 2. The lowest BCUT2D eigenvalue weighted by Crippen LogP contribution is -2.13. The molecule has 0 unspecified atom stereocenters. The van der Waals surface area contributed by atoms with Crippen LogP contribution in [-0.2, 0) is 4.79 Å². The smallest absolute Gasteiger partial charge is 0.255 e. The number of hydrogen-bond donors (Lipinski definition) is 2. The highest BCUT2D eigenvalue weighted by atomic mass is 16.2. The van der Waals surface area contributed by atoms with Crippen LogP contribution in [0.2, 0.25) is 0 Å². The fourth-order valence-electron chi connectivity index (χ4n) is 1.96. The molecule has 0 heterocycles. The van der Waals surface area contributed by atoms with E-state index in [1.54, 1.807) is 24.3 Å². The van der Waals surface area contributed by atoms with Crippen molar-refractivity contribution in [1.82, 2.24) is 0 Å². The first kappa shape index (κ1) is 14.8. The van der Waals surface area contributed by atoms with Crippen LogP contribution < -0.4 is 10.6 Å². The minimum absolute atomic E-state index is 0.165. The van der Waals surface area contributed by atoms with E-state index in [-0.39, 0.29) is 11.8 Å². The highest BCUT2D eigenvalue weighted by Crippen LogP contribution is 2.16. The third-order valence-electron chi connectivity index (χ3n) is 3.21. The van der Waals surface area contributed by atoms with E-state index in [1.807, 2.05) is 32.0 Å². The molecule has 0 spiro atoms. The highest BCUT2D eigenvalue weighted by molar-refractivity contribution is 6.05. The summed E-state index contributed by atoms with van der Waals surface area (Å²) < 4.78 is 0. The molecular weight excluding hydrogens is 264 g/mol. The summed E-state index contributed by atoms with van der Waals surface area (Å²) in [6.45, 7) is 5.46. The fraction of sp³-hybridized carbons (Fsp3) is 0.176. The monoisotopic (exact) mass is 282 g/mol. The van der Waals surface area contributed by atoms with Crippen molar-refractivity contribution >= 4 is 23.2 Å². The van der Waals surface area contributed by atoms with E-state index in [1.165, 1.54) is 12.5 Å². The maximum atomic E-state index is 12.2. The first-order chi connectivity index (χ1) is 9.95. The van der Waals surface area contributed by atoms with Crippen LogP contribution in [0, 0.1) is 13.8 Å². The molecule has 0 saturated heterocycles. The quantitative estimate of drug-likeness (QED) is 0.905. The summed E-state index contributed by atoms with van der Waals surface area (Å²) in [6.07, 6.45) is 0. The van der Waals surface area contributed by atoms with Gasteiger partial charge in [0.25, 0.3) is 5.91 Å². The van der Waals surface area contributed by atoms with Gasteiger partial charge in [-0.2, -0.15) is 0 Å². The van der Waals surface area contributed by atoms with Crippen LogP contribution in [0.3, 0.4) is 0 Å². The third kappa shape index (κ3) is 3.92. The molecule has 0 aromatic heterocycles. The van der Waals surface area contributed by atoms with Crippen molar-refractivity contribution in [2.24, 2.45) is 0 Å². The van der Waals surface area contributed by atoms with Gasteiger partial charge in [-0.15, -0.1) is 0 Å². The third-order valence-corrected chi connectivity index (χ3v) is 3.21. The van der Waals surface area contributed by atoms with Crippen LogP contribution in [0.1, 0.15) is 28.4 Å². The van der Waals surface area contributed by atoms with Crippen LogP contribution in [0.4, 0.5) is 11.4 Å². The van der Waals surface area contributed by atoms with Gasteiger partial charge in [0.1, 0.15) is 0 Å². The molecule has 2 rings (SSSR count). The molecule has 4 nitrogen and oxygen atoms in total. The van der Waals surface area contributed by atoms with E-state index in [0.29, 0.717) is 11.3 Å². The average Bonchev–Trinajstić information content (AvgIpc) is 2.42. The molecule has 0 aliphatic carbocycles. The van der Waals surface area contributed by atoms with Gasteiger partial charge >= 0.3 is 0 Å². The van der Waals surface area contributed by atoms with Crippen molar-refractivity contribution in [3.63, 3.8) is 0 Å². The van der Waals surface area contributed by atoms with Gasteiger partial charge in [-0.1, -0.05) is 12.1 Å². The topological polar surface area (TPSA) is 58.2 Å². The fourth-order valence-corrected chi connectivity index (χ4v) is 1.96. The summed E-state index contributed by atoms with van der Waals surface area (Å²) in [5.74, 6) is -0.368. The van der Waals surface area contributed by atoms with E-state index >= 15 is 0 Å². The van der Waals surface area contributed by atoms with Gasteiger partial charge in [-0.3, -0.25) is 9.59 Å². The van der Waals surface area contributed by atoms with E-state index in [0.717, 1.165) is 11.3 Å². The van der Waals surface area contributed by atoms with E-state index < -0.39 is 0 Å². The summed E-state index contributed by atoms with van der Waals surface area (Å²) >= 11 is 0. The normalized spacial score (nSPS) is 10.0. The zero-order valence-corrected chi connectivity index (χ0v) is 12.4. The second-order valence-corrected chi connectivity index (χ2v) is 5.02. The van der Waals surface area contributed by atoms with Crippen molar-refractivity contribution in [3.8, 4) is 0 Å². The molecule has 0 bridgehead atoms. The Morgan fingerprint density at radius 1 is 0.857 bits per heavy atom. The number of hydrogen-bond acceptors (Lipinski definition) is 2. The largest absolute Gasteiger partial charge is 0.326 e. The molecule has 2 aromatic rings. The predicted molar refractivity (Wildman–Crippen MR) is 84.6 cm³/mol. The zero-order chi connectivity index (χ0) is 15.4. The second kappa shape index (κ2) is 6.22. The summed E-state index contributed by atoms with van der Waals surface area (Å²) in [5, 5.41) is 5.52. The van der Waals surface area contributed by atoms with Crippen LogP contribution in [0.5, 0.6) is 0 Å². The molecule has 108 valence electrons. The first-order valence-electron chi connectivity index (χ1n) is 6.72. The lowest BCUT2D eigenvalue weighted by molar-refractivity contribution is -0.114. The zero-order valence-electron chi connectivity index (χ0n) is 12.4. The van der Waals surface area contributed by atoms with Crippen molar-refractivity contribution in [2.45, 2.75) is 20.8 Å². The van der Waals surface area contributed by atoms with Gasteiger partial charge in [0.05, 0.1) is 0 Å². The Morgan fingerprint density at radius 2 is 1.57 bits per heavy atom. The maximum Gasteiger partial charge on any atom is 0.255 e. The Balaban J connectivity index is 2.16. The molecule has 2 amide bonds. The molecule has 2 N–H and O–H groups in total. The molecule has 2 aromatic carbocycles. The van der Waals surface area contributed by atoms with Crippen molar-refractivity contribution < 1.29 is 9.59 Å². The Labute approximate surface area is 124 Å². The molecule has 0 saturated carbocycles. The van der Waals surface area contributed by atoms with Gasteiger partial charge in [-0.25, -0.2) is 0 Å². The van der Waals surface area contributed by atoms with E-state index in [9.17, 15) is 9.59 Å². The number of amides is 2. The van der Waals surface area contributed by atoms with Crippen LogP contribution in [0.25, 0.3) is 0 Å². The Hall–Kier alpha value is -2.62. The summed E-state index contributed by atoms with van der Waals surface area (Å²) in [4.78, 5) is 23.3. The van der Waals surface area contributed by atoms with Crippen molar-refractivity contribution in [3.05, 3.63) is 59.2 Å². The summed E-state index contributed by atoms with van der Waals surface area (Å²) in [7, 11) is 0. The van der Waals surface area contributed by atoms with E-state index in [4.69, 9.17) is 0 Å². The van der Waals surface area contributed by atoms with Crippen molar-refractivity contribution in [1.29, 1.82) is 0 Å². The van der Waals surface area contributed by atoms with Gasteiger partial charge in [-0.05, 0) is 55.3 Å². The predicted octanol–water partition coefficient (Wildman–Crippen LogP) is 3.51. The second-order valence-electron chi connectivity index (χ2n) is 5.02. The molecule has 0 fully saturated rings. The molecule has 4 heteroatoms. The standard InChI is InChI=1S/C17H18N2O2/c1-11-7-8-16(9-12(11)2)19-17(21)14-5-4-6-15(10-14)18-13(3)20/h4-10H,1-3H3,(H,18,20)(H,19,21). The molecule has 0 atom stereocenters. The molecule has 21 heavy (non-hydrogen) atoms. The number of rotatable bonds is 3. The minimum atomic E-state index is -0.203. The Bertz CT molecular complexity index is 693. The Kier molecular flexibility index (Phi) is 4.38. The minimum Gasteiger partial charge on any atom is -0.326 e. The van der Waals surface area contributed by atoms with Gasteiger partial charge < -0.3 is 10.6 Å². The molecule has 0 radical (unpaired) electrons.